The summed E-state index contributed by atoms with van der Waals surface area (Å²) in [5.74, 6) is 1.20. The molecule has 0 radical (unpaired) electrons. The highest BCUT2D eigenvalue weighted by atomic mass is 16.5. The van der Waals surface area contributed by atoms with Crippen LogP contribution in [0.2, 0.25) is 0 Å². The van der Waals surface area contributed by atoms with Gasteiger partial charge in [-0.2, -0.15) is 4.98 Å². The molecule has 1 aromatic heterocycles. The number of carbonyl (C=O) groups is 1. The van der Waals surface area contributed by atoms with E-state index >= 15 is 0 Å². The third kappa shape index (κ3) is 4.10. The number of aromatic nitrogens is 2. The van der Waals surface area contributed by atoms with Gasteiger partial charge in [0.15, 0.2) is 0 Å². The number of piperidine rings is 1. The van der Waals surface area contributed by atoms with Crippen molar-refractivity contribution in [3.63, 3.8) is 0 Å². The van der Waals surface area contributed by atoms with Crippen LogP contribution in [0.3, 0.4) is 0 Å². The molecule has 7 nitrogen and oxygen atoms in total. The topological polar surface area (TPSA) is 73.8 Å². The van der Waals surface area contributed by atoms with Crippen LogP contribution in [0.25, 0.3) is 0 Å². The normalized spacial score (nSPS) is 22.7. The van der Waals surface area contributed by atoms with E-state index in [2.05, 4.69) is 9.97 Å². The van der Waals surface area contributed by atoms with Gasteiger partial charge in [0, 0.05) is 25.7 Å². The molecule has 2 fully saturated rings. The number of hydrogen-bond donors (Lipinski definition) is 0. The second kappa shape index (κ2) is 7.59. The maximum atomic E-state index is 12.6. The molecule has 0 N–H and O–H groups in total. The number of nitrogens with zero attached hydrogens (tertiary/aromatic N) is 3. The molecule has 0 spiro atoms. The molecule has 1 unspecified atom stereocenters. The largest absolute Gasteiger partial charge is 0.480 e. The van der Waals surface area contributed by atoms with Gasteiger partial charge in [-0.05, 0) is 25.7 Å². The minimum atomic E-state index is -0.0473. The average molecular weight is 321 g/mol. The summed E-state index contributed by atoms with van der Waals surface area (Å²) in [6.07, 6.45) is 6.56. The molecule has 2 saturated heterocycles. The van der Waals surface area contributed by atoms with E-state index in [9.17, 15) is 4.79 Å². The molecule has 7 heteroatoms. The van der Waals surface area contributed by atoms with E-state index in [-0.39, 0.29) is 17.9 Å². The highest BCUT2D eigenvalue weighted by Crippen LogP contribution is 2.22. The Morgan fingerprint density at radius 2 is 2.04 bits per heavy atom. The molecule has 3 heterocycles. The van der Waals surface area contributed by atoms with Gasteiger partial charge in [-0.15, -0.1) is 0 Å². The average Bonchev–Trinajstić information content (AvgIpc) is 2.62. The molecular formula is C16H23N3O4. The lowest BCUT2D eigenvalue weighted by Gasteiger charge is -2.35. The van der Waals surface area contributed by atoms with Crippen molar-refractivity contribution in [2.24, 2.45) is 5.92 Å². The van der Waals surface area contributed by atoms with Crippen LogP contribution in [0.4, 0.5) is 0 Å². The van der Waals surface area contributed by atoms with Gasteiger partial charge in [0.25, 0.3) is 0 Å². The fraction of sp³-hybridized carbons (Fsp3) is 0.688. The number of likely N-dealkylation sites (tertiary alicyclic amines) is 1. The predicted molar refractivity (Wildman–Crippen MR) is 82.4 cm³/mol. The Bertz CT molecular complexity index is 534. The Hall–Kier alpha value is -1.89. The molecular weight excluding hydrogens is 298 g/mol. The molecule has 1 aromatic rings. The molecule has 0 aliphatic carbocycles. The smallest absolute Gasteiger partial charge is 0.235 e. The number of carbonyl (C=O) groups excluding carboxylic acids is 1. The van der Waals surface area contributed by atoms with Gasteiger partial charge in [-0.25, -0.2) is 0 Å². The Labute approximate surface area is 136 Å². The van der Waals surface area contributed by atoms with Gasteiger partial charge in [-0.3, -0.25) is 9.78 Å². The molecule has 3 rings (SSSR count). The second-order valence-corrected chi connectivity index (χ2v) is 5.95. The molecule has 23 heavy (non-hydrogen) atoms. The lowest BCUT2D eigenvalue weighted by Crippen LogP contribution is -2.47. The van der Waals surface area contributed by atoms with E-state index in [4.69, 9.17) is 14.2 Å². The summed E-state index contributed by atoms with van der Waals surface area (Å²) in [5, 5.41) is 0. The van der Waals surface area contributed by atoms with Crippen LogP contribution in [0.15, 0.2) is 12.4 Å². The van der Waals surface area contributed by atoms with Gasteiger partial charge in [0.05, 0.1) is 26.0 Å². The van der Waals surface area contributed by atoms with E-state index in [0.29, 0.717) is 31.5 Å². The maximum Gasteiger partial charge on any atom is 0.235 e. The van der Waals surface area contributed by atoms with Crippen LogP contribution in [-0.2, 0) is 9.53 Å². The molecule has 0 aromatic carbocycles. The van der Waals surface area contributed by atoms with E-state index in [1.165, 1.54) is 6.20 Å². The molecule has 1 amide bonds. The van der Waals surface area contributed by atoms with Crippen molar-refractivity contribution in [3.8, 4) is 11.8 Å². The Morgan fingerprint density at radius 3 is 2.83 bits per heavy atom. The number of methoxy groups -OCH3 is 1. The summed E-state index contributed by atoms with van der Waals surface area (Å²) in [4.78, 5) is 22.8. The first-order valence-electron chi connectivity index (χ1n) is 8.15. The first kappa shape index (κ1) is 16.0. The highest BCUT2D eigenvalue weighted by Gasteiger charge is 2.30. The van der Waals surface area contributed by atoms with Crippen LogP contribution in [-0.4, -0.2) is 60.3 Å². The summed E-state index contributed by atoms with van der Waals surface area (Å²) in [5.41, 5.74) is 0. The van der Waals surface area contributed by atoms with Gasteiger partial charge in [-0.1, -0.05) is 0 Å². The van der Waals surface area contributed by atoms with Crippen LogP contribution in [0.5, 0.6) is 11.8 Å². The zero-order valence-corrected chi connectivity index (χ0v) is 13.4. The fourth-order valence-electron chi connectivity index (χ4n) is 3.09. The molecule has 126 valence electrons. The molecule has 0 bridgehead atoms. The predicted octanol–water partition coefficient (Wildman–Crippen LogP) is 1.28. The monoisotopic (exact) mass is 321 g/mol. The van der Waals surface area contributed by atoms with Crippen LogP contribution in [0.1, 0.15) is 25.7 Å². The Kier molecular flexibility index (Phi) is 5.27. The lowest BCUT2D eigenvalue weighted by molar-refractivity contribution is -0.141. The number of rotatable bonds is 4. The van der Waals surface area contributed by atoms with E-state index in [1.54, 1.807) is 13.3 Å². The fourth-order valence-corrected chi connectivity index (χ4v) is 3.09. The van der Waals surface area contributed by atoms with Crippen LogP contribution >= 0.6 is 0 Å². The first-order valence-corrected chi connectivity index (χ1v) is 8.15. The molecule has 2 aliphatic rings. The van der Waals surface area contributed by atoms with Gasteiger partial charge >= 0.3 is 0 Å². The molecule has 0 saturated carbocycles. The zero-order valence-electron chi connectivity index (χ0n) is 13.4. The van der Waals surface area contributed by atoms with Crippen molar-refractivity contribution in [1.82, 2.24) is 14.9 Å². The van der Waals surface area contributed by atoms with Crippen LogP contribution < -0.4 is 9.47 Å². The third-order valence-corrected chi connectivity index (χ3v) is 4.35. The lowest BCUT2D eigenvalue weighted by atomic mass is 9.97. The quantitative estimate of drug-likeness (QED) is 0.832. The van der Waals surface area contributed by atoms with Crippen molar-refractivity contribution in [2.75, 3.05) is 33.4 Å². The highest BCUT2D eigenvalue weighted by molar-refractivity contribution is 5.79. The van der Waals surface area contributed by atoms with Crippen molar-refractivity contribution < 1.29 is 19.0 Å². The minimum Gasteiger partial charge on any atom is -0.480 e. The third-order valence-electron chi connectivity index (χ3n) is 4.35. The van der Waals surface area contributed by atoms with Gasteiger partial charge < -0.3 is 19.1 Å². The van der Waals surface area contributed by atoms with E-state index in [0.717, 1.165) is 32.2 Å². The first-order chi connectivity index (χ1) is 11.3. The molecule has 1 atom stereocenters. The van der Waals surface area contributed by atoms with Gasteiger partial charge in [0.2, 0.25) is 17.7 Å². The number of ether oxygens (including phenoxy) is 3. The summed E-state index contributed by atoms with van der Waals surface area (Å²) >= 11 is 0. The SMILES string of the molecule is COc1cncc(OC2CCCN(C(=O)C3CCOCC3)C2)n1. The second-order valence-electron chi connectivity index (χ2n) is 5.95. The van der Waals surface area contributed by atoms with Crippen molar-refractivity contribution in [3.05, 3.63) is 12.4 Å². The van der Waals surface area contributed by atoms with Crippen molar-refractivity contribution in [2.45, 2.75) is 31.8 Å². The number of amides is 1. The van der Waals surface area contributed by atoms with Crippen LogP contribution in [0, 0.1) is 5.92 Å². The zero-order chi connectivity index (χ0) is 16.1. The van der Waals surface area contributed by atoms with Crippen molar-refractivity contribution in [1.29, 1.82) is 0 Å². The summed E-state index contributed by atoms with van der Waals surface area (Å²) in [6, 6.07) is 0. The number of hydrogen-bond acceptors (Lipinski definition) is 6. The van der Waals surface area contributed by atoms with Gasteiger partial charge in [0.1, 0.15) is 6.10 Å². The van der Waals surface area contributed by atoms with Crippen molar-refractivity contribution >= 4 is 5.91 Å². The Morgan fingerprint density at radius 1 is 1.26 bits per heavy atom. The minimum absolute atomic E-state index is 0.0473. The summed E-state index contributed by atoms with van der Waals surface area (Å²) < 4.78 is 16.3. The molecule has 2 aliphatic heterocycles. The Balaban J connectivity index is 1.58. The van der Waals surface area contributed by atoms with E-state index in [1.807, 2.05) is 4.90 Å². The summed E-state index contributed by atoms with van der Waals surface area (Å²) in [7, 11) is 1.54. The summed E-state index contributed by atoms with van der Waals surface area (Å²) in [6.45, 7) is 2.78. The van der Waals surface area contributed by atoms with E-state index < -0.39 is 0 Å². The standard InChI is InChI=1S/C16H23N3O4/c1-21-14-9-17-10-15(18-14)23-13-3-2-6-19(11-13)16(20)12-4-7-22-8-5-12/h9-10,12-13H,2-8,11H2,1H3. The maximum absolute atomic E-state index is 12.6.